The molecule has 0 radical (unpaired) electrons. The quantitative estimate of drug-likeness (QED) is 0.877. The Labute approximate surface area is 166 Å². The van der Waals surface area contributed by atoms with Crippen LogP contribution in [0.2, 0.25) is 0 Å². The first-order valence-corrected chi connectivity index (χ1v) is 9.86. The smallest absolute Gasteiger partial charge is 0.410 e. The van der Waals surface area contributed by atoms with Gasteiger partial charge >= 0.3 is 6.09 Å². The Morgan fingerprint density at radius 1 is 1.32 bits per heavy atom. The molecule has 1 aliphatic carbocycles. The first kappa shape index (κ1) is 18.8. The third-order valence-corrected chi connectivity index (χ3v) is 5.58. The fraction of sp³-hybridized carbons (Fsp3) is 0.571. The van der Waals surface area contributed by atoms with Crippen molar-refractivity contribution in [1.29, 1.82) is 0 Å². The number of amides is 1. The predicted octanol–water partition coefficient (Wildman–Crippen LogP) is 3.60. The molecule has 1 saturated heterocycles. The Bertz CT molecular complexity index is 894. The zero-order valence-corrected chi connectivity index (χ0v) is 17.3. The monoisotopic (exact) mass is 383 g/mol. The van der Waals surface area contributed by atoms with E-state index < -0.39 is 5.60 Å². The minimum Gasteiger partial charge on any atom is -0.444 e. The van der Waals surface area contributed by atoms with E-state index in [2.05, 4.69) is 16.4 Å². The van der Waals surface area contributed by atoms with Crippen LogP contribution < -0.4 is 5.32 Å². The number of aryl methyl sites for hydroxylation is 2. The molecule has 7 nitrogen and oxygen atoms in total. The van der Waals surface area contributed by atoms with Crippen LogP contribution in [0.15, 0.2) is 24.7 Å². The zero-order chi connectivity index (χ0) is 20.1. The van der Waals surface area contributed by atoms with E-state index in [0.29, 0.717) is 6.54 Å². The van der Waals surface area contributed by atoms with Gasteiger partial charge in [-0.25, -0.2) is 14.8 Å². The van der Waals surface area contributed by atoms with Gasteiger partial charge in [-0.1, -0.05) is 0 Å². The number of ether oxygens (including phenoxy) is 1. The molecule has 2 aromatic rings. The van der Waals surface area contributed by atoms with Gasteiger partial charge in [0.05, 0.1) is 18.1 Å². The summed E-state index contributed by atoms with van der Waals surface area (Å²) in [6.45, 7) is 9.12. The van der Waals surface area contributed by atoms with Gasteiger partial charge < -0.3 is 19.5 Å². The normalized spacial score (nSPS) is 20.5. The molecule has 1 saturated carbocycles. The molecule has 0 bridgehead atoms. The SMILES string of the molecule is Cc1nc(NC2CN(C(=O)OC(C)(C)C)CC23CC3)ccc1-c1cn(C)cn1. The second-order valence-corrected chi connectivity index (χ2v) is 9.17. The van der Waals surface area contributed by atoms with Crippen molar-refractivity contribution in [3.63, 3.8) is 0 Å². The summed E-state index contributed by atoms with van der Waals surface area (Å²) in [7, 11) is 1.96. The summed E-state index contributed by atoms with van der Waals surface area (Å²) >= 11 is 0. The minimum atomic E-state index is -0.473. The number of hydrogen-bond acceptors (Lipinski definition) is 5. The number of pyridine rings is 1. The molecule has 7 heteroatoms. The van der Waals surface area contributed by atoms with E-state index >= 15 is 0 Å². The maximum absolute atomic E-state index is 12.5. The van der Waals surface area contributed by atoms with Gasteiger partial charge in [-0.15, -0.1) is 0 Å². The van der Waals surface area contributed by atoms with Crippen LogP contribution in [0.1, 0.15) is 39.3 Å². The summed E-state index contributed by atoms with van der Waals surface area (Å²) in [6, 6.07) is 4.27. The molecular weight excluding hydrogens is 354 g/mol. The summed E-state index contributed by atoms with van der Waals surface area (Å²) in [5.41, 5.74) is 2.59. The molecule has 0 aromatic carbocycles. The lowest BCUT2D eigenvalue weighted by Gasteiger charge is -2.24. The Morgan fingerprint density at radius 2 is 2.07 bits per heavy atom. The van der Waals surface area contributed by atoms with Gasteiger partial charge in [0.25, 0.3) is 0 Å². The van der Waals surface area contributed by atoms with Gasteiger partial charge in [-0.2, -0.15) is 0 Å². The number of carbonyl (C=O) groups is 1. The molecule has 1 spiro atoms. The first-order chi connectivity index (χ1) is 13.2. The van der Waals surface area contributed by atoms with Gasteiger partial charge in [0.2, 0.25) is 0 Å². The predicted molar refractivity (Wildman–Crippen MR) is 108 cm³/mol. The summed E-state index contributed by atoms with van der Waals surface area (Å²) in [5.74, 6) is 0.847. The maximum Gasteiger partial charge on any atom is 0.410 e. The molecule has 3 heterocycles. The van der Waals surface area contributed by atoms with E-state index in [1.54, 1.807) is 6.33 Å². The van der Waals surface area contributed by atoms with Crippen molar-refractivity contribution in [1.82, 2.24) is 19.4 Å². The highest BCUT2D eigenvalue weighted by molar-refractivity contribution is 5.69. The molecule has 1 aliphatic heterocycles. The van der Waals surface area contributed by atoms with Crippen molar-refractivity contribution in [3.8, 4) is 11.3 Å². The summed E-state index contributed by atoms with van der Waals surface area (Å²) in [6.07, 6.45) is 5.83. The molecule has 1 N–H and O–H groups in total. The zero-order valence-electron chi connectivity index (χ0n) is 17.3. The Balaban J connectivity index is 1.47. The van der Waals surface area contributed by atoms with Crippen LogP contribution in [0.5, 0.6) is 0 Å². The van der Waals surface area contributed by atoms with E-state index in [1.807, 2.05) is 56.5 Å². The van der Waals surface area contributed by atoms with E-state index in [1.165, 1.54) is 0 Å². The lowest BCUT2D eigenvalue weighted by atomic mass is 10.0. The highest BCUT2D eigenvalue weighted by Crippen LogP contribution is 2.53. The lowest BCUT2D eigenvalue weighted by Crippen LogP contribution is -2.36. The van der Waals surface area contributed by atoms with Crippen LogP contribution in [0.25, 0.3) is 11.3 Å². The topological polar surface area (TPSA) is 72.3 Å². The van der Waals surface area contributed by atoms with Crippen LogP contribution in [-0.2, 0) is 11.8 Å². The third kappa shape index (κ3) is 3.70. The number of anilines is 1. The number of nitrogens with one attached hydrogen (secondary N) is 1. The first-order valence-electron chi connectivity index (χ1n) is 9.86. The number of nitrogens with zero attached hydrogens (tertiary/aromatic N) is 4. The highest BCUT2D eigenvalue weighted by Gasteiger charge is 2.56. The van der Waals surface area contributed by atoms with Crippen LogP contribution in [-0.4, -0.2) is 50.3 Å². The second-order valence-electron chi connectivity index (χ2n) is 9.17. The number of aromatic nitrogens is 3. The van der Waals surface area contributed by atoms with Crippen molar-refractivity contribution in [2.24, 2.45) is 12.5 Å². The molecule has 1 amide bonds. The highest BCUT2D eigenvalue weighted by atomic mass is 16.6. The summed E-state index contributed by atoms with van der Waals surface area (Å²) in [4.78, 5) is 23.5. The molecule has 2 fully saturated rings. The van der Waals surface area contributed by atoms with Crippen molar-refractivity contribution in [2.75, 3.05) is 18.4 Å². The number of likely N-dealkylation sites (tertiary alicyclic amines) is 1. The van der Waals surface area contributed by atoms with Crippen LogP contribution >= 0.6 is 0 Å². The largest absolute Gasteiger partial charge is 0.444 e. The molecule has 150 valence electrons. The summed E-state index contributed by atoms with van der Waals surface area (Å²) in [5, 5.41) is 3.58. The lowest BCUT2D eigenvalue weighted by molar-refractivity contribution is 0.0285. The standard InChI is InChI=1S/C21H29N5O2/c1-14-15(16-10-25(5)13-22-16)6-7-18(23-14)24-17-11-26(12-21(17)8-9-21)19(27)28-20(2,3)4/h6-7,10,13,17H,8-9,11-12H2,1-5H3,(H,23,24). The van der Waals surface area contributed by atoms with Crippen LogP contribution in [0.3, 0.4) is 0 Å². The van der Waals surface area contributed by atoms with Gasteiger partial charge in [-0.05, 0) is 52.7 Å². The van der Waals surface area contributed by atoms with E-state index in [-0.39, 0.29) is 17.6 Å². The maximum atomic E-state index is 12.5. The average Bonchev–Trinajstić information content (AvgIpc) is 3.10. The number of hydrogen-bond donors (Lipinski definition) is 1. The second kappa shape index (κ2) is 6.50. The molecule has 1 atom stereocenters. The van der Waals surface area contributed by atoms with Crippen LogP contribution in [0, 0.1) is 12.3 Å². The van der Waals surface area contributed by atoms with Crippen molar-refractivity contribution < 1.29 is 9.53 Å². The van der Waals surface area contributed by atoms with Gasteiger partial charge in [0.15, 0.2) is 0 Å². The molecule has 4 rings (SSSR count). The number of carbonyl (C=O) groups excluding carboxylic acids is 1. The van der Waals surface area contributed by atoms with Gasteiger partial charge in [0, 0.05) is 43.0 Å². The Hall–Kier alpha value is -2.57. The van der Waals surface area contributed by atoms with Crippen molar-refractivity contribution in [2.45, 2.75) is 52.2 Å². The molecular formula is C21H29N5O2. The average molecular weight is 383 g/mol. The Morgan fingerprint density at radius 3 is 2.64 bits per heavy atom. The van der Waals surface area contributed by atoms with E-state index in [4.69, 9.17) is 9.72 Å². The minimum absolute atomic E-state index is 0.159. The molecule has 28 heavy (non-hydrogen) atoms. The fourth-order valence-corrected chi connectivity index (χ4v) is 3.94. The fourth-order valence-electron chi connectivity index (χ4n) is 3.94. The van der Waals surface area contributed by atoms with Crippen molar-refractivity contribution >= 4 is 11.9 Å². The van der Waals surface area contributed by atoms with Crippen molar-refractivity contribution in [3.05, 3.63) is 30.4 Å². The Kier molecular flexibility index (Phi) is 4.36. The van der Waals surface area contributed by atoms with Gasteiger partial charge in [0.1, 0.15) is 11.4 Å². The van der Waals surface area contributed by atoms with Crippen LogP contribution in [0.4, 0.5) is 10.6 Å². The molecule has 2 aromatic heterocycles. The van der Waals surface area contributed by atoms with Gasteiger partial charge in [-0.3, -0.25) is 0 Å². The molecule has 1 unspecified atom stereocenters. The summed E-state index contributed by atoms with van der Waals surface area (Å²) < 4.78 is 7.49. The van der Waals surface area contributed by atoms with E-state index in [0.717, 1.165) is 42.2 Å². The molecule has 2 aliphatic rings. The van der Waals surface area contributed by atoms with E-state index in [9.17, 15) is 4.79 Å². The number of imidazole rings is 1. The number of rotatable bonds is 3. The third-order valence-electron chi connectivity index (χ3n) is 5.58.